The molecule has 2 nitrogen and oxygen atoms in total. The van der Waals surface area contributed by atoms with E-state index in [1.54, 1.807) is 0 Å². The summed E-state index contributed by atoms with van der Waals surface area (Å²) in [5.74, 6) is 0.709. The van der Waals surface area contributed by atoms with Gasteiger partial charge in [0.15, 0.2) is 0 Å². The van der Waals surface area contributed by atoms with Crippen LogP contribution in [0.15, 0.2) is 91.0 Å². The quantitative estimate of drug-likeness (QED) is 0.336. The Morgan fingerprint density at radius 3 is 1.59 bits per heavy atom. The number of hydrogen-bond acceptors (Lipinski definition) is 2. The maximum absolute atomic E-state index is 5.52. The zero-order valence-corrected chi connectivity index (χ0v) is 22.8. The predicted molar refractivity (Wildman–Crippen MR) is 152 cm³/mol. The van der Waals surface area contributed by atoms with E-state index in [-0.39, 0.29) is 0 Å². The molecular weight excluding hydrogens is 433 g/mol. The molecule has 0 spiro atoms. The molecule has 3 aromatic carbocycles. The van der Waals surface area contributed by atoms with Gasteiger partial charge in [-0.1, -0.05) is 125 Å². The van der Waals surface area contributed by atoms with Crippen LogP contribution in [0.1, 0.15) is 64.9 Å². The third kappa shape index (κ3) is 9.34. The van der Waals surface area contributed by atoms with Gasteiger partial charge < -0.3 is 4.74 Å². The first-order valence-corrected chi connectivity index (χ1v) is 14.2. The highest BCUT2D eigenvalue weighted by Gasteiger charge is 2.27. The molecule has 184 valence electrons. The summed E-state index contributed by atoms with van der Waals surface area (Å²) in [5, 5.41) is 2.85. The normalized spacial score (nSPS) is 14.6. The lowest BCUT2D eigenvalue weighted by Crippen LogP contribution is -2.37. The highest BCUT2D eigenvalue weighted by Crippen LogP contribution is 2.40. The Kier molecular flexibility index (Phi) is 13.8. The first-order valence-electron chi connectivity index (χ1n) is 12.9. The molecule has 1 fully saturated rings. The topological polar surface area (TPSA) is 12.5 Å². The molecule has 1 saturated heterocycles. The van der Waals surface area contributed by atoms with Gasteiger partial charge in [0.1, 0.15) is 0 Å². The smallest absolute Gasteiger partial charge is 0.0481 e. The Morgan fingerprint density at radius 2 is 1.18 bits per heavy atom. The molecule has 34 heavy (non-hydrogen) atoms. The molecule has 3 heteroatoms. The van der Waals surface area contributed by atoms with Crippen LogP contribution in [-0.4, -0.2) is 31.0 Å². The van der Waals surface area contributed by atoms with Crippen molar-refractivity contribution in [3.8, 4) is 0 Å². The lowest BCUT2D eigenvalue weighted by Gasteiger charge is -2.37. The largest absolute Gasteiger partial charge is 0.381 e. The molecule has 0 bridgehead atoms. The summed E-state index contributed by atoms with van der Waals surface area (Å²) in [6.45, 7) is 10.5. The fourth-order valence-electron chi connectivity index (χ4n) is 3.89. The molecule has 0 radical (unpaired) electrons. The first kappa shape index (κ1) is 28.2. The number of benzene rings is 3. The number of rotatable bonds is 6. The Morgan fingerprint density at radius 1 is 0.765 bits per heavy atom. The van der Waals surface area contributed by atoms with Crippen LogP contribution in [0.4, 0.5) is 0 Å². The van der Waals surface area contributed by atoms with Crippen molar-refractivity contribution in [2.24, 2.45) is 0 Å². The third-order valence-electron chi connectivity index (χ3n) is 6.02. The van der Waals surface area contributed by atoms with E-state index < -0.39 is 8.07 Å². The van der Waals surface area contributed by atoms with Gasteiger partial charge in [0.05, 0.1) is 0 Å². The summed E-state index contributed by atoms with van der Waals surface area (Å²) in [6.07, 6.45) is 4.74. The van der Waals surface area contributed by atoms with Crippen LogP contribution in [0.2, 0.25) is 0 Å². The molecule has 4 rings (SSSR count). The highest BCUT2D eigenvalue weighted by molar-refractivity contribution is 7.70. The van der Waals surface area contributed by atoms with Crippen LogP contribution < -0.4 is 10.6 Å². The maximum Gasteiger partial charge on any atom is 0.0481 e. The molecular formula is C31H44NOP. The summed E-state index contributed by atoms with van der Waals surface area (Å²) in [6, 6.07) is 33.1. The van der Waals surface area contributed by atoms with Gasteiger partial charge in [0.25, 0.3) is 0 Å². The maximum atomic E-state index is 5.52. The van der Waals surface area contributed by atoms with E-state index in [9.17, 15) is 0 Å². The van der Waals surface area contributed by atoms with Crippen LogP contribution in [-0.2, 0) is 4.74 Å². The number of hydrogen-bond donors (Lipinski definition) is 0. The van der Waals surface area contributed by atoms with Crippen molar-refractivity contribution in [2.45, 2.75) is 65.3 Å². The van der Waals surface area contributed by atoms with Crippen molar-refractivity contribution in [3.05, 3.63) is 96.6 Å². The molecule has 1 atom stereocenters. The summed E-state index contributed by atoms with van der Waals surface area (Å²) in [4.78, 5) is 0. The van der Waals surface area contributed by atoms with Crippen molar-refractivity contribution in [3.63, 3.8) is 0 Å². The molecule has 1 heterocycles. The zero-order valence-electron chi connectivity index (χ0n) is 21.9. The van der Waals surface area contributed by atoms with Gasteiger partial charge in [-0.25, -0.2) is 0 Å². The van der Waals surface area contributed by atoms with E-state index in [1.165, 1.54) is 29.0 Å². The summed E-state index contributed by atoms with van der Waals surface area (Å²) in [7, 11) is 1.82. The monoisotopic (exact) mass is 477 g/mol. The second-order valence-electron chi connectivity index (χ2n) is 8.83. The average molecular weight is 478 g/mol. The van der Waals surface area contributed by atoms with Crippen LogP contribution in [0.5, 0.6) is 0 Å². The third-order valence-corrected chi connectivity index (χ3v) is 8.55. The minimum absolute atomic E-state index is 0.457. The molecule has 1 aliphatic heterocycles. The van der Waals surface area contributed by atoms with E-state index >= 15 is 0 Å². The predicted octanol–water partition coefficient (Wildman–Crippen LogP) is 7.76. The molecule has 1 aliphatic rings. The van der Waals surface area contributed by atoms with Crippen molar-refractivity contribution in [1.29, 1.82) is 0 Å². The van der Waals surface area contributed by atoms with Crippen LogP contribution >= 0.6 is 8.07 Å². The van der Waals surface area contributed by atoms with E-state index in [2.05, 4.69) is 130 Å². The van der Waals surface area contributed by atoms with Crippen molar-refractivity contribution in [2.75, 3.05) is 20.3 Å². The molecule has 0 aromatic heterocycles. The molecule has 3 aromatic rings. The van der Waals surface area contributed by atoms with Crippen LogP contribution in [0, 0.1) is 0 Å². The minimum Gasteiger partial charge on any atom is -0.381 e. The first-order chi connectivity index (χ1) is 16.6. The fourth-order valence-corrected chi connectivity index (χ4v) is 6.38. The molecule has 0 aliphatic carbocycles. The number of nitrogens with zero attached hydrogens (tertiary/aromatic N) is 1. The summed E-state index contributed by atoms with van der Waals surface area (Å²) in [5.41, 5.74) is 1.45. The molecule has 1 unspecified atom stereocenters. The summed E-state index contributed by atoms with van der Waals surface area (Å²) < 4.78 is 8.11. The average Bonchev–Trinajstić information content (AvgIpc) is 2.91. The van der Waals surface area contributed by atoms with Gasteiger partial charge in [0.2, 0.25) is 0 Å². The zero-order chi connectivity index (χ0) is 24.6. The second-order valence-corrected chi connectivity index (χ2v) is 11.1. The van der Waals surface area contributed by atoms with Gasteiger partial charge in [0, 0.05) is 27.3 Å². The van der Waals surface area contributed by atoms with Crippen LogP contribution in [0.25, 0.3) is 0 Å². The SMILES string of the molecule is CCC.CCC(C)c1ccccc1.CN(C1CCOCC1)P(c1ccccc1)c1ccccc1. The van der Waals surface area contributed by atoms with Gasteiger partial charge >= 0.3 is 0 Å². The van der Waals surface area contributed by atoms with E-state index in [0.717, 1.165) is 26.1 Å². The molecule has 0 amide bonds. The number of ether oxygens (including phenoxy) is 1. The standard InChI is InChI=1S/C18H22NOP.C10H14.C3H8/c1-19(16-12-14-20-15-13-16)21(17-8-4-2-5-9-17)18-10-6-3-7-11-18;1-3-9(2)10-7-5-4-6-8-10;1-3-2/h2-11,16H,12-15H2,1H3;4-9H,3H2,1-2H3;3H2,1-2H3. The van der Waals surface area contributed by atoms with Crippen molar-refractivity contribution < 1.29 is 4.74 Å². The van der Waals surface area contributed by atoms with Crippen molar-refractivity contribution in [1.82, 2.24) is 4.67 Å². The molecule has 0 N–H and O–H groups in total. The highest BCUT2D eigenvalue weighted by atomic mass is 31.1. The van der Waals surface area contributed by atoms with Gasteiger partial charge in [-0.05, 0) is 48.4 Å². The van der Waals surface area contributed by atoms with E-state index in [0.29, 0.717) is 12.0 Å². The van der Waals surface area contributed by atoms with Crippen LogP contribution in [0.3, 0.4) is 0 Å². The van der Waals surface area contributed by atoms with E-state index in [1.807, 2.05) is 0 Å². The summed E-state index contributed by atoms with van der Waals surface area (Å²) >= 11 is 0. The fraction of sp³-hybridized carbons (Fsp3) is 0.419. The van der Waals surface area contributed by atoms with Gasteiger partial charge in [-0.2, -0.15) is 0 Å². The minimum atomic E-state index is -0.457. The second kappa shape index (κ2) is 16.6. The Bertz CT molecular complexity index is 826. The Hall–Kier alpha value is -1.99. The molecule has 0 saturated carbocycles. The lowest BCUT2D eigenvalue weighted by atomic mass is 9.99. The lowest BCUT2D eigenvalue weighted by molar-refractivity contribution is 0.0644. The van der Waals surface area contributed by atoms with Gasteiger partial charge in [-0.3, -0.25) is 4.67 Å². The van der Waals surface area contributed by atoms with Crippen molar-refractivity contribution >= 4 is 18.7 Å². The Labute approximate surface area is 210 Å². The van der Waals surface area contributed by atoms with Gasteiger partial charge in [-0.15, -0.1) is 0 Å². The Balaban J connectivity index is 0.000000263. The van der Waals surface area contributed by atoms with E-state index in [4.69, 9.17) is 4.74 Å².